The van der Waals surface area contributed by atoms with Gasteiger partial charge in [-0.05, 0) is 52.6 Å². The lowest BCUT2D eigenvalue weighted by atomic mass is 9.97. The average molecular weight is 319 g/mol. The number of benzene rings is 1. The van der Waals surface area contributed by atoms with Crippen LogP contribution in [0.4, 0.5) is 4.39 Å². The second-order valence-corrected chi connectivity index (χ2v) is 6.36. The van der Waals surface area contributed by atoms with Gasteiger partial charge < -0.3 is 5.73 Å². The van der Waals surface area contributed by atoms with Crippen molar-refractivity contribution in [1.82, 2.24) is 0 Å². The highest BCUT2D eigenvalue weighted by molar-refractivity contribution is 9.10. The standard InChI is InChI=1S/C13H14BrClFN/c14-9-5-4-8(12(16)11(9)15)13(17)10-6-2-1-3-7(6)10/h4-7,10,13H,1-3,17H2. The van der Waals surface area contributed by atoms with Gasteiger partial charge >= 0.3 is 0 Å². The second-order valence-electron chi connectivity index (χ2n) is 5.13. The van der Waals surface area contributed by atoms with Crippen LogP contribution >= 0.6 is 27.5 Å². The lowest BCUT2D eigenvalue weighted by Crippen LogP contribution is -2.17. The van der Waals surface area contributed by atoms with Crippen LogP contribution in [0.3, 0.4) is 0 Å². The molecule has 0 aromatic heterocycles. The van der Waals surface area contributed by atoms with E-state index in [0.29, 0.717) is 16.0 Å². The largest absolute Gasteiger partial charge is 0.324 e. The highest BCUT2D eigenvalue weighted by Gasteiger charge is 2.55. The quantitative estimate of drug-likeness (QED) is 0.809. The second kappa shape index (κ2) is 4.22. The van der Waals surface area contributed by atoms with Crippen LogP contribution in [-0.2, 0) is 0 Å². The highest BCUT2D eigenvalue weighted by atomic mass is 79.9. The van der Waals surface area contributed by atoms with Crippen molar-refractivity contribution in [2.24, 2.45) is 23.5 Å². The van der Waals surface area contributed by atoms with Crippen molar-refractivity contribution in [3.8, 4) is 0 Å². The van der Waals surface area contributed by atoms with Crippen LogP contribution in [0.1, 0.15) is 30.9 Å². The molecule has 0 spiro atoms. The minimum absolute atomic E-state index is 0.142. The molecule has 0 bridgehead atoms. The Labute approximate surface area is 114 Å². The molecular weight excluding hydrogens is 305 g/mol. The molecule has 0 radical (unpaired) electrons. The summed E-state index contributed by atoms with van der Waals surface area (Å²) in [6.07, 6.45) is 3.83. The maximum absolute atomic E-state index is 14.0. The summed E-state index contributed by atoms with van der Waals surface area (Å²) in [6.45, 7) is 0. The minimum atomic E-state index is -0.362. The summed E-state index contributed by atoms with van der Waals surface area (Å²) in [6, 6.07) is 3.33. The van der Waals surface area contributed by atoms with Gasteiger partial charge in [0.1, 0.15) is 5.82 Å². The molecule has 0 aliphatic heterocycles. The molecule has 3 atom stereocenters. The van der Waals surface area contributed by atoms with Crippen LogP contribution in [0.2, 0.25) is 5.02 Å². The van der Waals surface area contributed by atoms with Crippen LogP contribution in [0.25, 0.3) is 0 Å². The Hall–Kier alpha value is -0.120. The van der Waals surface area contributed by atoms with E-state index >= 15 is 0 Å². The fourth-order valence-electron chi connectivity index (χ4n) is 3.42. The van der Waals surface area contributed by atoms with E-state index in [9.17, 15) is 4.39 Å². The van der Waals surface area contributed by atoms with Crippen molar-refractivity contribution in [2.75, 3.05) is 0 Å². The lowest BCUT2D eigenvalue weighted by molar-refractivity contribution is 0.480. The molecule has 0 amide bonds. The normalized spacial score (nSPS) is 32.4. The van der Waals surface area contributed by atoms with Gasteiger partial charge in [-0.2, -0.15) is 0 Å². The first-order valence-corrected chi connectivity index (χ1v) is 7.17. The van der Waals surface area contributed by atoms with Crippen LogP contribution < -0.4 is 5.73 Å². The Morgan fingerprint density at radius 1 is 1.35 bits per heavy atom. The zero-order valence-electron chi connectivity index (χ0n) is 9.30. The van der Waals surface area contributed by atoms with Gasteiger partial charge in [0.25, 0.3) is 0 Å². The van der Waals surface area contributed by atoms with Gasteiger partial charge in [-0.3, -0.25) is 0 Å². The minimum Gasteiger partial charge on any atom is -0.324 e. The molecule has 92 valence electrons. The third kappa shape index (κ3) is 1.83. The van der Waals surface area contributed by atoms with Crippen molar-refractivity contribution in [1.29, 1.82) is 0 Å². The molecule has 1 aromatic rings. The predicted octanol–water partition coefficient (Wildman–Crippen LogP) is 4.29. The van der Waals surface area contributed by atoms with Gasteiger partial charge in [0, 0.05) is 16.1 Å². The van der Waals surface area contributed by atoms with Crippen molar-refractivity contribution < 1.29 is 4.39 Å². The fraction of sp³-hybridized carbons (Fsp3) is 0.538. The maximum atomic E-state index is 14.0. The van der Waals surface area contributed by atoms with Crippen LogP contribution in [0, 0.1) is 23.6 Å². The smallest absolute Gasteiger partial charge is 0.147 e. The van der Waals surface area contributed by atoms with Crippen LogP contribution in [-0.4, -0.2) is 0 Å². The summed E-state index contributed by atoms with van der Waals surface area (Å²) in [5.74, 6) is 1.56. The van der Waals surface area contributed by atoms with Gasteiger partial charge in [0.05, 0.1) is 5.02 Å². The number of hydrogen-bond acceptors (Lipinski definition) is 1. The van der Waals surface area contributed by atoms with E-state index in [0.717, 1.165) is 11.8 Å². The number of fused-ring (bicyclic) bond motifs is 1. The Morgan fingerprint density at radius 3 is 2.65 bits per heavy atom. The van der Waals surface area contributed by atoms with Crippen LogP contribution in [0.5, 0.6) is 0 Å². The van der Waals surface area contributed by atoms with Crippen molar-refractivity contribution in [3.63, 3.8) is 0 Å². The first-order valence-electron chi connectivity index (χ1n) is 6.00. The molecule has 1 nitrogen and oxygen atoms in total. The lowest BCUT2D eigenvalue weighted by Gasteiger charge is -2.16. The molecule has 2 aliphatic carbocycles. The van der Waals surface area contributed by atoms with Gasteiger partial charge in [-0.1, -0.05) is 24.1 Å². The van der Waals surface area contributed by atoms with E-state index in [1.165, 1.54) is 19.3 Å². The number of rotatable bonds is 2. The third-order valence-electron chi connectivity index (χ3n) is 4.31. The molecule has 0 saturated heterocycles. The molecule has 2 aliphatic rings. The Balaban J connectivity index is 1.87. The Morgan fingerprint density at radius 2 is 2.00 bits per heavy atom. The van der Waals surface area contributed by atoms with E-state index in [4.69, 9.17) is 17.3 Å². The number of halogens is 3. The summed E-state index contributed by atoms with van der Waals surface area (Å²) in [4.78, 5) is 0. The van der Waals surface area contributed by atoms with Crippen molar-refractivity contribution in [3.05, 3.63) is 33.0 Å². The topological polar surface area (TPSA) is 26.0 Å². The molecule has 4 heteroatoms. The first kappa shape index (κ1) is 11.9. The number of nitrogens with two attached hydrogens (primary N) is 1. The molecule has 2 saturated carbocycles. The summed E-state index contributed by atoms with van der Waals surface area (Å²) in [7, 11) is 0. The van der Waals surface area contributed by atoms with Crippen molar-refractivity contribution in [2.45, 2.75) is 25.3 Å². The Kier molecular flexibility index (Phi) is 2.96. The predicted molar refractivity (Wildman–Crippen MR) is 70.4 cm³/mol. The first-order chi connectivity index (χ1) is 8.11. The van der Waals surface area contributed by atoms with E-state index in [-0.39, 0.29) is 16.9 Å². The molecule has 2 fully saturated rings. The molecule has 3 rings (SSSR count). The molecule has 3 unspecified atom stereocenters. The number of hydrogen-bond donors (Lipinski definition) is 1. The summed E-state index contributed by atoms with van der Waals surface area (Å²) in [5, 5.41) is 0.142. The van der Waals surface area contributed by atoms with E-state index in [1.54, 1.807) is 12.1 Å². The fourth-order valence-corrected chi connectivity index (χ4v) is 3.89. The van der Waals surface area contributed by atoms with Gasteiger partial charge in [-0.15, -0.1) is 0 Å². The molecule has 1 aromatic carbocycles. The van der Waals surface area contributed by atoms with E-state index in [1.807, 2.05) is 0 Å². The van der Waals surface area contributed by atoms with Crippen LogP contribution in [0.15, 0.2) is 16.6 Å². The SMILES string of the molecule is NC(c1ccc(Br)c(Cl)c1F)C1C2CCCC21. The Bertz CT molecular complexity index is 455. The van der Waals surface area contributed by atoms with E-state index < -0.39 is 0 Å². The van der Waals surface area contributed by atoms with E-state index in [2.05, 4.69) is 15.9 Å². The highest BCUT2D eigenvalue weighted by Crippen LogP contribution is 2.61. The van der Waals surface area contributed by atoms with Gasteiger partial charge in [-0.25, -0.2) is 4.39 Å². The van der Waals surface area contributed by atoms with Gasteiger partial charge in [0.15, 0.2) is 0 Å². The monoisotopic (exact) mass is 317 g/mol. The zero-order valence-corrected chi connectivity index (χ0v) is 11.6. The average Bonchev–Trinajstić information content (AvgIpc) is 2.79. The molecule has 17 heavy (non-hydrogen) atoms. The molecule has 2 N–H and O–H groups in total. The summed E-state index contributed by atoms with van der Waals surface area (Å²) >= 11 is 9.11. The maximum Gasteiger partial charge on any atom is 0.147 e. The third-order valence-corrected chi connectivity index (χ3v) is 5.57. The van der Waals surface area contributed by atoms with Crippen molar-refractivity contribution >= 4 is 27.5 Å². The summed E-state index contributed by atoms with van der Waals surface area (Å²) < 4.78 is 14.6. The van der Waals surface area contributed by atoms with Gasteiger partial charge in [0.2, 0.25) is 0 Å². The zero-order chi connectivity index (χ0) is 12.2. The summed E-state index contributed by atoms with van der Waals surface area (Å²) in [5.41, 5.74) is 6.76. The molecule has 0 heterocycles. The molecular formula is C13H14BrClFN.